The summed E-state index contributed by atoms with van der Waals surface area (Å²) in [7, 11) is 0. The zero-order chi connectivity index (χ0) is 24.2. The van der Waals surface area contributed by atoms with E-state index in [0.717, 1.165) is 0 Å². The number of carbonyl (C=O) groups excluding carboxylic acids is 1. The van der Waals surface area contributed by atoms with E-state index < -0.39 is 48.2 Å². The lowest BCUT2D eigenvalue weighted by molar-refractivity contribution is -0.133. The summed E-state index contributed by atoms with van der Waals surface area (Å²) in [5.74, 6) is -6.39. The summed E-state index contributed by atoms with van der Waals surface area (Å²) >= 11 is 1.26. The average molecular weight is 491 g/mol. The number of halogens is 3. The largest absolute Gasteiger partial charge is 0.478 e. The zero-order valence-electron chi connectivity index (χ0n) is 17.9. The fourth-order valence-corrected chi connectivity index (χ4v) is 5.41. The standard InChI is InChI=1S/C22H20F3N5O3S/c1-10-11(3-2-4-13(10)23)16-15(21(32)33)14(28-18(29-16)20-26-5-6-34-20)8-30-9-22(24,25)12-7-27-19(31)17(12)30/h2-6,12,16-17H,7-9H2,1H3,(H,27,31)(H,28,29)(H,32,33)/t12-,16+,17-/m1/s1. The summed E-state index contributed by atoms with van der Waals surface area (Å²) in [5, 5.41) is 17.7. The van der Waals surface area contributed by atoms with Crippen molar-refractivity contribution in [3.63, 3.8) is 0 Å². The Morgan fingerprint density at radius 1 is 1.38 bits per heavy atom. The van der Waals surface area contributed by atoms with Crippen LogP contribution in [0.4, 0.5) is 13.2 Å². The Morgan fingerprint density at radius 3 is 2.88 bits per heavy atom. The average Bonchev–Trinajstić information content (AvgIpc) is 3.49. The monoisotopic (exact) mass is 491 g/mol. The molecule has 12 heteroatoms. The van der Waals surface area contributed by atoms with Gasteiger partial charge in [-0.05, 0) is 24.1 Å². The van der Waals surface area contributed by atoms with Crippen molar-refractivity contribution in [2.75, 3.05) is 19.6 Å². The number of aromatic nitrogens is 1. The number of alkyl halides is 2. The fourth-order valence-electron chi connectivity index (χ4n) is 4.82. The van der Waals surface area contributed by atoms with Crippen LogP contribution in [0, 0.1) is 18.7 Å². The van der Waals surface area contributed by atoms with Gasteiger partial charge in [-0.25, -0.2) is 22.9 Å². The van der Waals surface area contributed by atoms with Crippen LogP contribution in [-0.4, -0.2) is 64.3 Å². The molecule has 1 aromatic carbocycles. The number of thiazole rings is 1. The minimum atomic E-state index is -3.10. The molecule has 34 heavy (non-hydrogen) atoms. The number of benzene rings is 1. The molecule has 178 valence electrons. The lowest BCUT2D eigenvalue weighted by Gasteiger charge is -2.30. The van der Waals surface area contributed by atoms with E-state index in [-0.39, 0.29) is 35.8 Å². The van der Waals surface area contributed by atoms with Crippen LogP contribution in [0.5, 0.6) is 0 Å². The molecule has 3 atom stereocenters. The van der Waals surface area contributed by atoms with Crippen molar-refractivity contribution in [2.24, 2.45) is 10.9 Å². The number of likely N-dealkylation sites (tertiary alicyclic amines) is 1. The van der Waals surface area contributed by atoms with Gasteiger partial charge in [0, 0.05) is 30.4 Å². The van der Waals surface area contributed by atoms with Gasteiger partial charge in [-0.15, -0.1) is 11.3 Å². The van der Waals surface area contributed by atoms with E-state index in [4.69, 9.17) is 0 Å². The van der Waals surface area contributed by atoms with E-state index in [1.165, 1.54) is 35.3 Å². The number of fused-ring (bicyclic) bond motifs is 1. The summed E-state index contributed by atoms with van der Waals surface area (Å²) in [6, 6.07) is 2.14. The summed E-state index contributed by atoms with van der Waals surface area (Å²) in [6.45, 7) is 0.462. The van der Waals surface area contributed by atoms with Gasteiger partial charge < -0.3 is 15.7 Å². The van der Waals surface area contributed by atoms with Gasteiger partial charge in [-0.3, -0.25) is 14.7 Å². The highest BCUT2D eigenvalue weighted by Gasteiger charge is 2.59. The van der Waals surface area contributed by atoms with Crippen molar-refractivity contribution in [1.29, 1.82) is 0 Å². The molecule has 0 unspecified atom stereocenters. The van der Waals surface area contributed by atoms with Crippen LogP contribution in [0.2, 0.25) is 0 Å². The number of rotatable bonds is 5. The number of amides is 1. The van der Waals surface area contributed by atoms with Gasteiger partial charge in [0.05, 0.1) is 18.0 Å². The summed E-state index contributed by atoms with van der Waals surface area (Å²) in [4.78, 5) is 34.8. The van der Waals surface area contributed by atoms with E-state index in [1.54, 1.807) is 17.6 Å². The Kier molecular flexibility index (Phi) is 5.44. The first-order valence-electron chi connectivity index (χ1n) is 10.5. The van der Waals surface area contributed by atoms with Gasteiger partial charge in [0.15, 0.2) is 10.8 Å². The molecule has 2 saturated heterocycles. The molecule has 1 amide bonds. The number of hydrogen-bond donors (Lipinski definition) is 3. The van der Waals surface area contributed by atoms with E-state index >= 15 is 0 Å². The van der Waals surface area contributed by atoms with Crippen LogP contribution in [0.15, 0.2) is 46.0 Å². The molecule has 0 aliphatic carbocycles. The molecular weight excluding hydrogens is 471 g/mol. The number of carboxylic acids is 1. The highest BCUT2D eigenvalue weighted by Crippen LogP contribution is 2.41. The number of carboxylic acid groups (broad SMARTS) is 1. The van der Waals surface area contributed by atoms with Crippen LogP contribution >= 0.6 is 11.3 Å². The quantitative estimate of drug-likeness (QED) is 0.592. The van der Waals surface area contributed by atoms with E-state index in [9.17, 15) is 27.9 Å². The van der Waals surface area contributed by atoms with Crippen LogP contribution < -0.4 is 10.6 Å². The van der Waals surface area contributed by atoms with Crippen molar-refractivity contribution in [2.45, 2.75) is 24.9 Å². The second-order valence-electron chi connectivity index (χ2n) is 8.46. The second-order valence-corrected chi connectivity index (χ2v) is 9.35. The Balaban J connectivity index is 1.61. The predicted molar refractivity (Wildman–Crippen MR) is 117 cm³/mol. The highest BCUT2D eigenvalue weighted by molar-refractivity contribution is 7.11. The first-order valence-corrected chi connectivity index (χ1v) is 11.4. The number of hydrogen-bond acceptors (Lipinski definition) is 7. The summed E-state index contributed by atoms with van der Waals surface area (Å²) in [5.41, 5.74) is 0.489. The van der Waals surface area contributed by atoms with Crippen LogP contribution in [-0.2, 0) is 9.59 Å². The normalized spacial score (nSPS) is 26.2. The summed E-state index contributed by atoms with van der Waals surface area (Å²) < 4.78 is 43.6. The van der Waals surface area contributed by atoms with Crippen molar-refractivity contribution in [3.05, 3.63) is 63.0 Å². The molecule has 0 radical (unpaired) electrons. The molecule has 0 spiro atoms. The zero-order valence-corrected chi connectivity index (χ0v) is 18.7. The lowest BCUT2D eigenvalue weighted by atomic mass is 9.92. The van der Waals surface area contributed by atoms with Gasteiger partial charge in [0.25, 0.3) is 5.92 Å². The molecule has 3 aliphatic rings. The van der Waals surface area contributed by atoms with Crippen molar-refractivity contribution in [3.8, 4) is 0 Å². The fraction of sp³-hybridized carbons (Fsp3) is 0.364. The molecule has 5 rings (SSSR count). The first kappa shape index (κ1) is 22.5. The van der Waals surface area contributed by atoms with E-state index in [0.29, 0.717) is 10.6 Å². The topological polar surface area (TPSA) is 107 Å². The molecule has 0 saturated carbocycles. The first-order chi connectivity index (χ1) is 16.2. The molecule has 0 bridgehead atoms. The number of aliphatic imine (C=N–C) groups is 1. The molecular formula is C22H20F3N5O3S. The van der Waals surface area contributed by atoms with Gasteiger partial charge in [0.1, 0.15) is 17.9 Å². The number of carbonyl (C=O) groups is 2. The van der Waals surface area contributed by atoms with Crippen molar-refractivity contribution in [1.82, 2.24) is 20.5 Å². The van der Waals surface area contributed by atoms with Gasteiger partial charge in [-0.2, -0.15) is 0 Å². The maximum absolute atomic E-state index is 14.6. The summed E-state index contributed by atoms with van der Waals surface area (Å²) in [6.07, 6.45) is 1.55. The highest BCUT2D eigenvalue weighted by atomic mass is 32.1. The minimum Gasteiger partial charge on any atom is -0.478 e. The Hall–Kier alpha value is -3.25. The SMILES string of the molecule is Cc1c(F)cccc1[C@@H]1N=C(c2nccs2)NC(CN2CC(F)(F)[C@@H]3CNC(=O)[C@@H]32)=C1C(=O)O. The number of aliphatic carboxylic acids is 1. The predicted octanol–water partition coefficient (Wildman–Crippen LogP) is 2.09. The molecule has 3 aliphatic heterocycles. The number of amidine groups is 1. The lowest BCUT2D eigenvalue weighted by Crippen LogP contribution is -2.44. The Labute approximate surface area is 196 Å². The maximum atomic E-state index is 14.6. The van der Waals surface area contributed by atoms with Gasteiger partial charge in [0.2, 0.25) is 5.91 Å². The maximum Gasteiger partial charge on any atom is 0.335 e. The third kappa shape index (κ3) is 3.66. The molecule has 4 heterocycles. The molecule has 3 N–H and O–H groups in total. The smallest absolute Gasteiger partial charge is 0.335 e. The molecule has 1 aromatic heterocycles. The molecule has 8 nitrogen and oxygen atoms in total. The number of nitrogens with zero attached hydrogens (tertiary/aromatic N) is 3. The Bertz CT molecular complexity index is 1230. The number of nitrogens with one attached hydrogen (secondary N) is 2. The second kappa shape index (κ2) is 8.20. The van der Waals surface area contributed by atoms with Crippen LogP contribution in [0.3, 0.4) is 0 Å². The van der Waals surface area contributed by atoms with Gasteiger partial charge in [-0.1, -0.05) is 12.1 Å². The third-order valence-corrected chi connectivity index (χ3v) is 7.23. The van der Waals surface area contributed by atoms with Gasteiger partial charge >= 0.3 is 5.97 Å². The van der Waals surface area contributed by atoms with Crippen molar-refractivity contribution >= 4 is 29.0 Å². The minimum absolute atomic E-state index is 0.109. The molecule has 2 fully saturated rings. The third-order valence-electron chi connectivity index (χ3n) is 6.45. The van der Waals surface area contributed by atoms with E-state index in [1.807, 2.05) is 0 Å². The van der Waals surface area contributed by atoms with Crippen LogP contribution in [0.25, 0.3) is 0 Å². The molecule has 2 aromatic rings. The Morgan fingerprint density at radius 2 is 2.18 bits per heavy atom. The van der Waals surface area contributed by atoms with Crippen molar-refractivity contribution < 1.29 is 27.9 Å². The van der Waals surface area contributed by atoms with E-state index in [2.05, 4.69) is 20.6 Å². The van der Waals surface area contributed by atoms with Crippen LogP contribution in [0.1, 0.15) is 22.2 Å².